The first-order valence-corrected chi connectivity index (χ1v) is 10.4. The number of fused-ring (bicyclic) bond motifs is 1. The maximum absolute atomic E-state index is 13.4. The van der Waals surface area contributed by atoms with Crippen molar-refractivity contribution >= 4 is 16.8 Å². The van der Waals surface area contributed by atoms with E-state index in [1.54, 1.807) is 65.7 Å². The number of para-hydroxylation sites is 1. The number of aromatic nitrogens is 2. The Morgan fingerprint density at radius 1 is 0.909 bits per heavy atom. The van der Waals surface area contributed by atoms with Gasteiger partial charge in [-0.2, -0.15) is 0 Å². The molecular formula is C25H23N3O5. The Labute approximate surface area is 189 Å². The second kappa shape index (κ2) is 9.54. The predicted molar refractivity (Wildman–Crippen MR) is 124 cm³/mol. The molecule has 0 atom stereocenters. The molecule has 0 bridgehead atoms. The van der Waals surface area contributed by atoms with Crippen LogP contribution < -0.4 is 21.5 Å². The van der Waals surface area contributed by atoms with Gasteiger partial charge in [-0.3, -0.25) is 23.9 Å². The first kappa shape index (κ1) is 22.0. The molecule has 0 unspecified atom stereocenters. The van der Waals surface area contributed by atoms with Gasteiger partial charge in [-0.15, -0.1) is 0 Å². The SMILES string of the molecule is COc1ccc(CCn2c(=O)c3ccccc3n(Cc3ccc(C(=O)NO)cc3)c2=O)cc1. The van der Waals surface area contributed by atoms with Gasteiger partial charge < -0.3 is 4.74 Å². The van der Waals surface area contributed by atoms with Gasteiger partial charge >= 0.3 is 5.69 Å². The van der Waals surface area contributed by atoms with Gasteiger partial charge in [0.1, 0.15) is 5.75 Å². The van der Waals surface area contributed by atoms with E-state index < -0.39 is 11.6 Å². The zero-order chi connectivity index (χ0) is 23.4. The third kappa shape index (κ3) is 4.56. The average Bonchev–Trinajstić information content (AvgIpc) is 2.86. The Bertz CT molecular complexity index is 1400. The van der Waals surface area contributed by atoms with Crippen LogP contribution in [0, 0.1) is 0 Å². The molecule has 2 N–H and O–H groups in total. The maximum Gasteiger partial charge on any atom is 0.331 e. The highest BCUT2D eigenvalue weighted by Crippen LogP contribution is 2.14. The van der Waals surface area contributed by atoms with Crippen LogP contribution in [0.25, 0.3) is 10.9 Å². The normalized spacial score (nSPS) is 10.8. The Kier molecular flexibility index (Phi) is 6.37. The molecule has 8 nitrogen and oxygen atoms in total. The van der Waals surface area contributed by atoms with Gasteiger partial charge in [0.2, 0.25) is 0 Å². The van der Waals surface area contributed by atoms with Gasteiger partial charge in [0.25, 0.3) is 11.5 Å². The Morgan fingerprint density at radius 2 is 1.58 bits per heavy atom. The summed E-state index contributed by atoms with van der Waals surface area (Å²) < 4.78 is 8.00. The van der Waals surface area contributed by atoms with Gasteiger partial charge in [-0.25, -0.2) is 10.3 Å². The second-order valence-corrected chi connectivity index (χ2v) is 7.58. The lowest BCUT2D eigenvalue weighted by atomic mass is 10.1. The topological polar surface area (TPSA) is 103 Å². The molecule has 1 aromatic heterocycles. The molecule has 0 aliphatic heterocycles. The molecule has 4 aromatic rings. The minimum absolute atomic E-state index is 0.225. The molecule has 0 fully saturated rings. The number of hydroxylamine groups is 1. The molecule has 3 aromatic carbocycles. The molecule has 4 rings (SSSR count). The van der Waals surface area contributed by atoms with Crippen molar-refractivity contribution in [3.05, 3.63) is 110 Å². The number of rotatable bonds is 7. The van der Waals surface area contributed by atoms with Crippen molar-refractivity contribution in [2.75, 3.05) is 7.11 Å². The van der Waals surface area contributed by atoms with E-state index in [4.69, 9.17) is 9.94 Å². The number of nitrogens with zero attached hydrogens (tertiary/aromatic N) is 2. The highest BCUT2D eigenvalue weighted by atomic mass is 16.5. The van der Waals surface area contributed by atoms with Crippen LogP contribution in [0.2, 0.25) is 0 Å². The number of carbonyl (C=O) groups excluding carboxylic acids is 1. The number of hydrogen-bond donors (Lipinski definition) is 2. The largest absolute Gasteiger partial charge is 0.497 e. The number of aryl methyl sites for hydroxylation is 1. The zero-order valence-electron chi connectivity index (χ0n) is 18.0. The molecular weight excluding hydrogens is 422 g/mol. The van der Waals surface area contributed by atoms with Crippen LogP contribution in [0.4, 0.5) is 0 Å². The molecule has 33 heavy (non-hydrogen) atoms. The molecule has 0 saturated carbocycles. The summed E-state index contributed by atoms with van der Waals surface area (Å²) in [6, 6.07) is 21.1. The third-order valence-electron chi connectivity index (χ3n) is 5.57. The summed E-state index contributed by atoms with van der Waals surface area (Å²) in [5, 5.41) is 9.24. The Balaban J connectivity index is 1.70. The van der Waals surface area contributed by atoms with Crippen molar-refractivity contribution in [2.24, 2.45) is 0 Å². The van der Waals surface area contributed by atoms with Gasteiger partial charge in [0.15, 0.2) is 0 Å². The van der Waals surface area contributed by atoms with Crippen molar-refractivity contribution in [1.29, 1.82) is 0 Å². The number of methoxy groups -OCH3 is 1. The Morgan fingerprint density at radius 3 is 2.24 bits per heavy atom. The molecule has 0 aliphatic carbocycles. The van der Waals surface area contributed by atoms with Crippen molar-refractivity contribution in [1.82, 2.24) is 14.6 Å². The first-order valence-electron chi connectivity index (χ1n) is 10.4. The van der Waals surface area contributed by atoms with Crippen LogP contribution in [0.1, 0.15) is 21.5 Å². The van der Waals surface area contributed by atoms with E-state index in [1.807, 2.05) is 24.3 Å². The van der Waals surface area contributed by atoms with E-state index in [9.17, 15) is 14.4 Å². The summed E-state index contributed by atoms with van der Waals surface area (Å²) in [6.07, 6.45) is 0.516. The smallest absolute Gasteiger partial charge is 0.331 e. The van der Waals surface area contributed by atoms with Crippen LogP contribution in [0.15, 0.2) is 82.4 Å². The first-order chi connectivity index (χ1) is 16.0. The highest BCUT2D eigenvalue weighted by Gasteiger charge is 2.14. The van der Waals surface area contributed by atoms with Gasteiger partial charge in [0, 0.05) is 12.1 Å². The van der Waals surface area contributed by atoms with E-state index in [-0.39, 0.29) is 18.6 Å². The lowest BCUT2D eigenvalue weighted by molar-refractivity contribution is 0.0706. The summed E-state index contributed by atoms with van der Waals surface area (Å²) >= 11 is 0. The van der Waals surface area contributed by atoms with E-state index in [0.717, 1.165) is 16.9 Å². The quantitative estimate of drug-likeness (QED) is 0.336. The van der Waals surface area contributed by atoms with E-state index in [0.29, 0.717) is 22.9 Å². The monoisotopic (exact) mass is 445 g/mol. The summed E-state index contributed by atoms with van der Waals surface area (Å²) in [6.45, 7) is 0.466. The number of amides is 1. The predicted octanol–water partition coefficient (Wildman–Crippen LogP) is 2.58. The number of ether oxygens (including phenoxy) is 1. The fourth-order valence-electron chi connectivity index (χ4n) is 3.76. The van der Waals surface area contributed by atoms with Gasteiger partial charge in [0.05, 0.1) is 24.6 Å². The molecule has 0 aliphatic rings. The second-order valence-electron chi connectivity index (χ2n) is 7.58. The van der Waals surface area contributed by atoms with Crippen LogP contribution >= 0.6 is 0 Å². The zero-order valence-corrected chi connectivity index (χ0v) is 18.0. The molecule has 168 valence electrons. The number of benzene rings is 3. The highest BCUT2D eigenvalue weighted by molar-refractivity contribution is 5.93. The van der Waals surface area contributed by atoms with Crippen molar-refractivity contribution in [2.45, 2.75) is 19.5 Å². The lowest BCUT2D eigenvalue weighted by Crippen LogP contribution is -2.40. The summed E-state index contributed by atoms with van der Waals surface area (Å²) in [5.41, 5.74) is 3.47. The van der Waals surface area contributed by atoms with Crippen molar-refractivity contribution < 1.29 is 14.7 Å². The fourth-order valence-corrected chi connectivity index (χ4v) is 3.76. The molecule has 8 heteroatoms. The minimum atomic E-state index is -0.615. The number of nitrogens with one attached hydrogen (secondary N) is 1. The van der Waals surface area contributed by atoms with E-state index in [1.165, 1.54) is 4.57 Å². The Hall–Kier alpha value is -4.17. The van der Waals surface area contributed by atoms with E-state index >= 15 is 0 Å². The van der Waals surface area contributed by atoms with Crippen LogP contribution in [0.5, 0.6) is 5.75 Å². The molecule has 1 heterocycles. The fraction of sp³-hybridized carbons (Fsp3) is 0.160. The van der Waals surface area contributed by atoms with Crippen molar-refractivity contribution in [3.63, 3.8) is 0 Å². The van der Waals surface area contributed by atoms with Gasteiger partial charge in [-0.05, 0) is 53.9 Å². The standard InChI is InChI=1S/C25H23N3O5/c1-33-20-12-8-17(9-13-20)14-15-27-24(30)21-4-2-3-5-22(21)28(25(27)31)16-18-6-10-19(11-7-18)23(29)26-32/h2-13,32H,14-16H2,1H3,(H,26,29). The number of carbonyl (C=O) groups is 1. The van der Waals surface area contributed by atoms with Crippen LogP contribution in [-0.4, -0.2) is 27.4 Å². The molecule has 0 saturated heterocycles. The minimum Gasteiger partial charge on any atom is -0.497 e. The number of hydrogen-bond acceptors (Lipinski definition) is 5. The molecule has 0 spiro atoms. The third-order valence-corrected chi connectivity index (χ3v) is 5.57. The van der Waals surface area contributed by atoms with Crippen LogP contribution in [-0.2, 0) is 19.5 Å². The van der Waals surface area contributed by atoms with Crippen molar-refractivity contribution in [3.8, 4) is 5.75 Å². The molecule has 0 radical (unpaired) electrons. The summed E-state index contributed by atoms with van der Waals surface area (Å²) in [7, 11) is 1.60. The maximum atomic E-state index is 13.4. The van der Waals surface area contributed by atoms with Crippen LogP contribution in [0.3, 0.4) is 0 Å². The average molecular weight is 445 g/mol. The summed E-state index contributed by atoms with van der Waals surface area (Å²) in [5.74, 6) is 0.128. The summed E-state index contributed by atoms with van der Waals surface area (Å²) in [4.78, 5) is 38.0. The van der Waals surface area contributed by atoms with Gasteiger partial charge in [-0.1, -0.05) is 36.4 Å². The molecule has 1 amide bonds. The van der Waals surface area contributed by atoms with E-state index in [2.05, 4.69) is 0 Å². The lowest BCUT2D eigenvalue weighted by Gasteiger charge is -2.14.